The van der Waals surface area contributed by atoms with E-state index in [0.717, 1.165) is 0 Å². The first-order valence-corrected chi connectivity index (χ1v) is 8.16. The Morgan fingerprint density at radius 3 is 2.74 bits per heavy atom. The van der Waals surface area contributed by atoms with Crippen LogP contribution >= 0.6 is 11.6 Å². The third kappa shape index (κ3) is 3.95. The fourth-order valence-electron chi connectivity index (χ4n) is 2.47. The van der Waals surface area contributed by atoms with Crippen molar-refractivity contribution in [2.75, 3.05) is 0 Å². The molecule has 3 aromatic rings. The van der Waals surface area contributed by atoms with Crippen LogP contribution in [0, 0.1) is 24.0 Å². The van der Waals surface area contributed by atoms with Crippen molar-refractivity contribution in [3.63, 3.8) is 0 Å². The molecule has 2 heterocycles. The first-order chi connectivity index (χ1) is 12.9. The summed E-state index contributed by atoms with van der Waals surface area (Å²) in [5.41, 5.74) is 0.947. The summed E-state index contributed by atoms with van der Waals surface area (Å²) in [6, 6.07) is 6.96. The van der Waals surface area contributed by atoms with Crippen molar-refractivity contribution in [2.45, 2.75) is 27.0 Å². The van der Waals surface area contributed by atoms with Crippen LogP contribution < -0.4 is 0 Å². The van der Waals surface area contributed by atoms with Gasteiger partial charge < -0.3 is 9.15 Å². The third-order valence-corrected chi connectivity index (χ3v) is 4.06. The maximum atomic E-state index is 12.0. The van der Waals surface area contributed by atoms with Gasteiger partial charge in [0.15, 0.2) is 6.61 Å². The second-order valence-electron chi connectivity index (χ2n) is 5.58. The van der Waals surface area contributed by atoms with Gasteiger partial charge in [0.25, 0.3) is 5.89 Å². The molecule has 1 aromatic carbocycles. The summed E-state index contributed by atoms with van der Waals surface area (Å²) in [5, 5.41) is 23.1. The molecule has 0 aliphatic rings. The minimum atomic E-state index is -0.645. The molecule has 0 bridgehead atoms. The van der Waals surface area contributed by atoms with Crippen LogP contribution in [-0.2, 0) is 22.7 Å². The molecule has 0 saturated carbocycles. The molecule has 0 N–H and O–H groups in total. The summed E-state index contributed by atoms with van der Waals surface area (Å²) in [6.07, 6.45) is 0. The van der Waals surface area contributed by atoms with Gasteiger partial charge in [0.05, 0.1) is 15.5 Å². The van der Waals surface area contributed by atoms with E-state index in [1.165, 1.54) is 18.5 Å². The van der Waals surface area contributed by atoms with Crippen LogP contribution in [0.15, 0.2) is 28.7 Å². The van der Waals surface area contributed by atoms with Gasteiger partial charge in [0.2, 0.25) is 5.89 Å². The Labute approximate surface area is 157 Å². The van der Waals surface area contributed by atoms with Gasteiger partial charge in [-0.25, -0.2) is 0 Å². The molecular weight excluding hydrogens is 378 g/mol. The van der Waals surface area contributed by atoms with Crippen LogP contribution in [0.2, 0.25) is 5.02 Å². The van der Waals surface area contributed by atoms with Crippen molar-refractivity contribution >= 4 is 23.3 Å². The SMILES string of the molecule is Cc1nn(CC(=O)OCc2nnc(-c3ccccc3Cl)o2)c(C)c1[N+](=O)[O-]. The van der Waals surface area contributed by atoms with Crippen LogP contribution in [0.3, 0.4) is 0 Å². The molecule has 11 heteroatoms. The van der Waals surface area contributed by atoms with Gasteiger partial charge in [-0.15, -0.1) is 10.2 Å². The van der Waals surface area contributed by atoms with E-state index in [1.54, 1.807) is 24.3 Å². The molecule has 0 aliphatic heterocycles. The van der Waals surface area contributed by atoms with Gasteiger partial charge in [0.1, 0.15) is 17.9 Å². The number of carbonyl (C=O) groups is 1. The Bertz CT molecular complexity index is 1010. The lowest BCUT2D eigenvalue weighted by Gasteiger charge is -2.03. The van der Waals surface area contributed by atoms with Crippen molar-refractivity contribution < 1.29 is 18.9 Å². The number of esters is 1. The van der Waals surface area contributed by atoms with Crippen molar-refractivity contribution in [1.29, 1.82) is 0 Å². The summed E-state index contributed by atoms with van der Waals surface area (Å²) >= 11 is 6.07. The fourth-order valence-corrected chi connectivity index (χ4v) is 2.69. The van der Waals surface area contributed by atoms with E-state index in [2.05, 4.69) is 15.3 Å². The minimum Gasteiger partial charge on any atom is -0.454 e. The Morgan fingerprint density at radius 2 is 2.07 bits per heavy atom. The molecule has 0 atom stereocenters. The van der Waals surface area contributed by atoms with E-state index in [4.69, 9.17) is 20.8 Å². The Kier molecular flexibility index (Phi) is 5.17. The van der Waals surface area contributed by atoms with Gasteiger partial charge in [-0.05, 0) is 26.0 Å². The topological polar surface area (TPSA) is 126 Å². The Balaban J connectivity index is 1.63. The lowest BCUT2D eigenvalue weighted by molar-refractivity contribution is -0.386. The molecule has 27 heavy (non-hydrogen) atoms. The third-order valence-electron chi connectivity index (χ3n) is 3.73. The number of nitrogens with zero attached hydrogens (tertiary/aromatic N) is 5. The second kappa shape index (κ2) is 7.54. The summed E-state index contributed by atoms with van der Waals surface area (Å²) in [6.45, 7) is 2.50. The number of nitro groups is 1. The molecule has 0 aliphatic carbocycles. The van der Waals surface area contributed by atoms with Crippen LogP contribution in [0.5, 0.6) is 0 Å². The highest BCUT2D eigenvalue weighted by Crippen LogP contribution is 2.26. The van der Waals surface area contributed by atoms with Gasteiger partial charge in [-0.1, -0.05) is 23.7 Å². The van der Waals surface area contributed by atoms with E-state index in [9.17, 15) is 14.9 Å². The Morgan fingerprint density at radius 1 is 1.33 bits per heavy atom. The van der Waals surface area contributed by atoms with Crippen molar-refractivity contribution in [3.8, 4) is 11.5 Å². The molecule has 10 nitrogen and oxygen atoms in total. The summed E-state index contributed by atoms with van der Waals surface area (Å²) < 4.78 is 11.7. The molecule has 0 unspecified atom stereocenters. The van der Waals surface area contributed by atoms with Gasteiger partial charge in [-0.2, -0.15) is 5.10 Å². The van der Waals surface area contributed by atoms with Gasteiger partial charge in [-0.3, -0.25) is 19.6 Å². The second-order valence-corrected chi connectivity index (χ2v) is 5.98. The quantitative estimate of drug-likeness (QED) is 0.356. The maximum absolute atomic E-state index is 12.0. The van der Waals surface area contributed by atoms with E-state index >= 15 is 0 Å². The van der Waals surface area contributed by atoms with Crippen LogP contribution in [-0.4, -0.2) is 30.9 Å². The number of aryl methyl sites for hydroxylation is 1. The van der Waals surface area contributed by atoms with E-state index in [-0.39, 0.29) is 42.0 Å². The molecule has 3 rings (SSSR count). The zero-order valence-corrected chi connectivity index (χ0v) is 15.1. The molecule has 0 radical (unpaired) electrons. The number of halogens is 1. The highest BCUT2D eigenvalue weighted by atomic mass is 35.5. The number of carbonyl (C=O) groups excluding carboxylic acids is 1. The lowest BCUT2D eigenvalue weighted by Crippen LogP contribution is -2.15. The first kappa shape index (κ1) is 18.5. The predicted octanol–water partition coefficient (Wildman–Crippen LogP) is 2.85. The number of ether oxygens (including phenoxy) is 1. The average Bonchev–Trinajstić information content (AvgIpc) is 3.18. The molecule has 0 saturated heterocycles. The smallest absolute Gasteiger partial charge is 0.328 e. The summed E-state index contributed by atoms with van der Waals surface area (Å²) in [5.74, 6) is -0.341. The predicted molar refractivity (Wildman–Crippen MR) is 92.9 cm³/mol. The molecule has 0 spiro atoms. The highest BCUT2D eigenvalue weighted by molar-refractivity contribution is 6.33. The zero-order chi connectivity index (χ0) is 19.6. The molecular formula is C16H14ClN5O5. The van der Waals surface area contributed by atoms with E-state index in [0.29, 0.717) is 10.6 Å². The molecule has 0 amide bonds. The van der Waals surface area contributed by atoms with Crippen LogP contribution in [0.4, 0.5) is 5.69 Å². The minimum absolute atomic E-state index is 0.0950. The first-order valence-electron chi connectivity index (χ1n) is 7.78. The summed E-state index contributed by atoms with van der Waals surface area (Å²) in [7, 11) is 0. The molecule has 0 fully saturated rings. The fraction of sp³-hybridized carbons (Fsp3) is 0.250. The van der Waals surface area contributed by atoms with Crippen LogP contribution in [0.1, 0.15) is 17.3 Å². The van der Waals surface area contributed by atoms with Crippen molar-refractivity contribution in [1.82, 2.24) is 20.0 Å². The van der Waals surface area contributed by atoms with Gasteiger partial charge in [0, 0.05) is 0 Å². The number of hydrogen-bond acceptors (Lipinski definition) is 8. The highest BCUT2D eigenvalue weighted by Gasteiger charge is 2.23. The number of rotatable bonds is 6. The van der Waals surface area contributed by atoms with Gasteiger partial charge >= 0.3 is 11.7 Å². The maximum Gasteiger partial charge on any atom is 0.328 e. The standard InChI is InChI=1S/C16H14ClN5O5/c1-9-15(22(24)25)10(2)21(20-9)7-14(23)26-8-13-18-19-16(27-13)11-5-3-4-6-12(11)17/h3-6H,7-8H2,1-2H3. The van der Waals surface area contributed by atoms with Crippen LogP contribution in [0.25, 0.3) is 11.5 Å². The Hall–Kier alpha value is -3.27. The number of hydrogen-bond donors (Lipinski definition) is 0. The molecule has 140 valence electrons. The monoisotopic (exact) mass is 391 g/mol. The summed E-state index contributed by atoms with van der Waals surface area (Å²) in [4.78, 5) is 22.5. The normalized spacial score (nSPS) is 10.8. The van der Waals surface area contributed by atoms with Crippen molar-refractivity contribution in [2.24, 2.45) is 0 Å². The number of benzene rings is 1. The van der Waals surface area contributed by atoms with E-state index < -0.39 is 10.9 Å². The largest absolute Gasteiger partial charge is 0.454 e. The molecule has 2 aromatic heterocycles. The number of aromatic nitrogens is 4. The zero-order valence-electron chi connectivity index (χ0n) is 14.4. The van der Waals surface area contributed by atoms with E-state index in [1.807, 2.05) is 0 Å². The lowest BCUT2D eigenvalue weighted by atomic mass is 10.2. The average molecular weight is 392 g/mol. The van der Waals surface area contributed by atoms with Crippen molar-refractivity contribution in [3.05, 3.63) is 56.7 Å².